The number of amides is 1. The highest BCUT2D eigenvalue weighted by molar-refractivity contribution is 5.88. The maximum absolute atomic E-state index is 12.6. The Hall–Kier alpha value is -4.20. The topological polar surface area (TPSA) is 115 Å². The molecule has 0 saturated carbocycles. The molecule has 0 radical (unpaired) electrons. The van der Waals surface area contributed by atoms with E-state index in [0.29, 0.717) is 5.56 Å². The second kappa shape index (κ2) is 10.2. The van der Waals surface area contributed by atoms with Crippen LogP contribution < -0.4 is 5.32 Å². The minimum Gasteiger partial charge on any atom is -0.480 e. The number of carboxylic acid groups (broad SMARTS) is 1. The van der Waals surface area contributed by atoms with Crippen LogP contribution in [0.15, 0.2) is 66.9 Å². The zero-order valence-corrected chi connectivity index (χ0v) is 20.4. The summed E-state index contributed by atoms with van der Waals surface area (Å²) in [5, 5.41) is 12.1. The Labute approximate surface area is 209 Å². The van der Waals surface area contributed by atoms with Gasteiger partial charge >= 0.3 is 18.0 Å². The number of alkyl carbamates (subject to hydrolysis) is 1. The highest BCUT2D eigenvalue weighted by Gasteiger charge is 2.30. The van der Waals surface area contributed by atoms with Gasteiger partial charge in [0.25, 0.3) is 0 Å². The summed E-state index contributed by atoms with van der Waals surface area (Å²) in [7, 11) is 0. The first-order valence-corrected chi connectivity index (χ1v) is 11.6. The molecule has 2 N–H and O–H groups in total. The molecule has 0 saturated heterocycles. The quantitative estimate of drug-likeness (QED) is 0.468. The van der Waals surface area contributed by atoms with Crippen LogP contribution in [0.5, 0.6) is 0 Å². The van der Waals surface area contributed by atoms with Crippen molar-refractivity contribution in [2.24, 2.45) is 0 Å². The van der Waals surface area contributed by atoms with Gasteiger partial charge in [0, 0.05) is 18.5 Å². The predicted octanol–water partition coefficient (Wildman–Crippen LogP) is 4.57. The third-order valence-electron chi connectivity index (χ3n) is 5.81. The van der Waals surface area contributed by atoms with Crippen LogP contribution in [-0.4, -0.2) is 46.4 Å². The summed E-state index contributed by atoms with van der Waals surface area (Å²) >= 11 is 0. The number of esters is 1. The van der Waals surface area contributed by atoms with Gasteiger partial charge in [-0.2, -0.15) is 0 Å². The average molecular weight is 489 g/mol. The monoisotopic (exact) mass is 488 g/mol. The zero-order chi connectivity index (χ0) is 25.9. The molecule has 1 aromatic heterocycles. The van der Waals surface area contributed by atoms with E-state index >= 15 is 0 Å². The lowest BCUT2D eigenvalue weighted by Crippen LogP contribution is -2.43. The van der Waals surface area contributed by atoms with Crippen LogP contribution in [0.3, 0.4) is 0 Å². The summed E-state index contributed by atoms with van der Waals surface area (Å²) in [4.78, 5) is 40.8. The van der Waals surface area contributed by atoms with Crippen molar-refractivity contribution < 1.29 is 29.0 Å². The Morgan fingerprint density at radius 1 is 1.00 bits per heavy atom. The number of carbonyl (C=O) groups is 3. The Kier molecular flexibility index (Phi) is 7.05. The smallest absolute Gasteiger partial charge is 0.407 e. The third-order valence-corrected chi connectivity index (χ3v) is 5.81. The van der Waals surface area contributed by atoms with Crippen LogP contribution in [0.25, 0.3) is 11.1 Å². The molecule has 0 bridgehead atoms. The van der Waals surface area contributed by atoms with Gasteiger partial charge in [0.1, 0.15) is 23.9 Å². The number of aromatic nitrogens is 1. The van der Waals surface area contributed by atoms with Crippen molar-refractivity contribution in [3.63, 3.8) is 0 Å². The number of aliphatic carboxylic acids is 1. The van der Waals surface area contributed by atoms with Crippen LogP contribution in [-0.2, 0) is 20.7 Å². The number of carboxylic acids is 1. The largest absolute Gasteiger partial charge is 0.480 e. The minimum atomic E-state index is -1.26. The van der Waals surface area contributed by atoms with Gasteiger partial charge < -0.3 is 19.9 Å². The molecule has 1 aliphatic carbocycles. The number of ether oxygens (including phenoxy) is 2. The maximum Gasteiger partial charge on any atom is 0.407 e. The van der Waals surface area contributed by atoms with E-state index in [-0.39, 0.29) is 24.6 Å². The van der Waals surface area contributed by atoms with Crippen LogP contribution in [0.4, 0.5) is 4.79 Å². The molecular weight excluding hydrogens is 460 g/mol. The summed E-state index contributed by atoms with van der Waals surface area (Å²) in [6, 6.07) is 17.7. The molecule has 0 aliphatic heterocycles. The maximum atomic E-state index is 12.6. The average Bonchev–Trinajstić information content (AvgIpc) is 3.15. The van der Waals surface area contributed by atoms with Crippen molar-refractivity contribution in [1.29, 1.82) is 0 Å². The molecule has 36 heavy (non-hydrogen) atoms. The number of fused-ring (bicyclic) bond motifs is 3. The fraction of sp³-hybridized carbons (Fsp3) is 0.286. The normalized spacial score (nSPS) is 13.3. The lowest BCUT2D eigenvalue weighted by Gasteiger charge is -2.19. The lowest BCUT2D eigenvalue weighted by atomic mass is 9.98. The number of nitrogens with one attached hydrogen (secondary N) is 1. The molecule has 3 aromatic rings. The van der Waals surface area contributed by atoms with Gasteiger partial charge in [-0.1, -0.05) is 48.5 Å². The summed E-state index contributed by atoms with van der Waals surface area (Å²) < 4.78 is 10.8. The van der Waals surface area contributed by atoms with Crippen LogP contribution in [0.1, 0.15) is 53.9 Å². The first-order valence-electron chi connectivity index (χ1n) is 11.6. The molecule has 1 aliphatic rings. The molecular formula is C28H28N2O6. The first kappa shape index (κ1) is 24.9. The van der Waals surface area contributed by atoms with E-state index in [1.54, 1.807) is 26.8 Å². The molecule has 1 heterocycles. The molecule has 2 aromatic carbocycles. The van der Waals surface area contributed by atoms with E-state index in [2.05, 4.69) is 10.3 Å². The highest BCUT2D eigenvalue weighted by Crippen LogP contribution is 2.44. The van der Waals surface area contributed by atoms with Gasteiger partial charge in [-0.15, -0.1) is 0 Å². The van der Waals surface area contributed by atoms with Crippen LogP contribution in [0, 0.1) is 0 Å². The molecule has 0 unspecified atom stereocenters. The number of nitrogens with zero attached hydrogens (tertiary/aromatic N) is 1. The van der Waals surface area contributed by atoms with Crippen molar-refractivity contribution >= 4 is 18.0 Å². The van der Waals surface area contributed by atoms with Crippen molar-refractivity contribution in [1.82, 2.24) is 10.3 Å². The van der Waals surface area contributed by atoms with E-state index in [4.69, 9.17) is 9.47 Å². The van der Waals surface area contributed by atoms with Crippen LogP contribution >= 0.6 is 0 Å². The van der Waals surface area contributed by atoms with E-state index < -0.39 is 29.7 Å². The molecule has 4 rings (SSSR count). The minimum absolute atomic E-state index is 0.0577. The van der Waals surface area contributed by atoms with Crippen molar-refractivity contribution in [2.75, 3.05) is 6.61 Å². The van der Waals surface area contributed by atoms with E-state index in [9.17, 15) is 19.5 Å². The molecule has 8 heteroatoms. The summed E-state index contributed by atoms with van der Waals surface area (Å²) in [5.41, 5.74) is 4.21. The zero-order valence-electron chi connectivity index (χ0n) is 20.4. The van der Waals surface area contributed by atoms with Crippen molar-refractivity contribution in [2.45, 2.75) is 44.8 Å². The number of hydrogen-bond acceptors (Lipinski definition) is 6. The molecule has 0 spiro atoms. The van der Waals surface area contributed by atoms with E-state index in [1.165, 1.54) is 12.3 Å². The highest BCUT2D eigenvalue weighted by atomic mass is 16.6. The number of benzene rings is 2. The Bertz CT molecular complexity index is 1250. The van der Waals surface area contributed by atoms with Crippen molar-refractivity contribution in [3.8, 4) is 11.1 Å². The fourth-order valence-electron chi connectivity index (χ4n) is 4.26. The second-order valence-electron chi connectivity index (χ2n) is 9.62. The SMILES string of the molecule is CC(C)(C)OC(=O)c1cc(C[C@H](NC(=O)OCC2c3ccccc3-c3ccccc32)C(=O)O)ccn1. The molecule has 186 valence electrons. The van der Waals surface area contributed by atoms with E-state index in [0.717, 1.165) is 22.3 Å². The number of pyridine rings is 1. The number of rotatable bonds is 7. The van der Waals surface area contributed by atoms with Gasteiger partial charge in [-0.05, 0) is 60.7 Å². The molecule has 0 fully saturated rings. The summed E-state index contributed by atoms with van der Waals surface area (Å²) in [6.07, 6.45) is 0.518. The molecule has 1 amide bonds. The fourth-order valence-corrected chi connectivity index (χ4v) is 4.26. The van der Waals surface area contributed by atoms with Gasteiger partial charge in [-0.3, -0.25) is 0 Å². The molecule has 1 atom stereocenters. The number of carbonyl (C=O) groups excluding carboxylic acids is 2. The third kappa shape index (κ3) is 5.71. The Morgan fingerprint density at radius 3 is 2.19 bits per heavy atom. The lowest BCUT2D eigenvalue weighted by molar-refractivity contribution is -0.139. The molecule has 8 nitrogen and oxygen atoms in total. The van der Waals surface area contributed by atoms with Gasteiger partial charge in [0.15, 0.2) is 0 Å². The second-order valence-corrected chi connectivity index (χ2v) is 9.62. The van der Waals surface area contributed by atoms with Gasteiger partial charge in [0.2, 0.25) is 0 Å². The Morgan fingerprint density at radius 2 is 1.61 bits per heavy atom. The van der Waals surface area contributed by atoms with Crippen LogP contribution in [0.2, 0.25) is 0 Å². The standard InChI is InChI=1S/C28H28N2O6/c1-28(2,3)36-26(33)24-15-17(12-13-29-24)14-23(25(31)32)30-27(34)35-16-22-20-10-6-4-8-18(20)19-9-5-7-11-21(19)22/h4-13,15,22-23H,14,16H2,1-3H3,(H,30,34)(H,31,32)/t23-/m0/s1. The van der Waals surface area contributed by atoms with Gasteiger partial charge in [0.05, 0.1) is 0 Å². The van der Waals surface area contributed by atoms with E-state index in [1.807, 2.05) is 48.5 Å². The van der Waals surface area contributed by atoms with Crippen molar-refractivity contribution in [3.05, 3.63) is 89.2 Å². The summed E-state index contributed by atoms with van der Waals surface area (Å²) in [5.74, 6) is -1.97. The first-order chi connectivity index (χ1) is 17.1. The summed E-state index contributed by atoms with van der Waals surface area (Å²) in [6.45, 7) is 5.30. The predicted molar refractivity (Wildman–Crippen MR) is 133 cm³/mol. The number of hydrogen-bond donors (Lipinski definition) is 2. The Balaban J connectivity index is 1.41. The van der Waals surface area contributed by atoms with Gasteiger partial charge in [-0.25, -0.2) is 19.4 Å².